The van der Waals surface area contributed by atoms with Gasteiger partial charge in [-0.1, -0.05) is 27.7 Å². The summed E-state index contributed by atoms with van der Waals surface area (Å²) in [5.41, 5.74) is 0. The topological polar surface area (TPSA) is 74.8 Å². The fraction of sp³-hybridized carbons (Fsp3) is 0.750. The minimum absolute atomic E-state index is 0.126. The van der Waals surface area contributed by atoms with Crippen LogP contribution in [0.5, 0.6) is 0 Å². The predicted molar refractivity (Wildman–Crippen MR) is 91.9 cm³/mol. The smallest absolute Gasteiger partial charge is 0.242 e. The van der Waals surface area contributed by atoms with E-state index in [2.05, 4.69) is 0 Å². The maximum atomic E-state index is 11.9. The first kappa shape index (κ1) is 21.6. The maximum absolute atomic E-state index is 11.9. The van der Waals surface area contributed by atoms with E-state index in [9.17, 15) is 19.2 Å². The third-order valence-electron chi connectivity index (χ3n) is 3.37. The second-order valence-electron chi connectivity index (χ2n) is 4.47. The molecular formula is C16H28N2O4S. The van der Waals surface area contributed by atoms with Crippen molar-refractivity contribution in [2.24, 2.45) is 0 Å². The van der Waals surface area contributed by atoms with E-state index in [-0.39, 0.29) is 36.5 Å². The second kappa shape index (κ2) is 10.4. The minimum atomic E-state index is -0.522. The number of nitrogens with zero attached hydrogens (tertiary/aromatic N) is 2. The Balaban J connectivity index is 0.00000112. The highest BCUT2D eigenvalue weighted by atomic mass is 32.2. The van der Waals surface area contributed by atoms with Crippen LogP contribution in [0.4, 0.5) is 0 Å². The molecule has 2 heterocycles. The first-order valence-electron chi connectivity index (χ1n) is 8.33. The highest BCUT2D eigenvalue weighted by Crippen LogP contribution is 2.33. The van der Waals surface area contributed by atoms with Crippen LogP contribution >= 0.6 is 11.8 Å². The molecule has 0 saturated carbocycles. The van der Waals surface area contributed by atoms with Gasteiger partial charge in [-0.3, -0.25) is 29.0 Å². The summed E-state index contributed by atoms with van der Waals surface area (Å²) >= 11 is 1.15. The normalized spacial score (nSPS) is 23.6. The number of likely N-dealkylation sites (tertiary alicyclic amines) is 2. The standard InChI is InChI=1S/C12H16N2O4S.2C2H6/c1-3-13-9(15)5-7(11(13)17)19-8-6-10(16)14(4-2)12(8)18;2*1-2/h7-8H,3-6H2,1-2H3;2*1-2H3. The molecule has 4 amide bonds. The van der Waals surface area contributed by atoms with Gasteiger partial charge in [0.2, 0.25) is 23.6 Å². The Labute approximate surface area is 143 Å². The first-order valence-corrected chi connectivity index (χ1v) is 9.27. The highest BCUT2D eigenvalue weighted by Gasteiger charge is 2.44. The number of amides is 4. The molecule has 2 saturated heterocycles. The maximum Gasteiger partial charge on any atom is 0.242 e. The van der Waals surface area contributed by atoms with Crippen molar-refractivity contribution in [2.45, 2.75) is 64.9 Å². The van der Waals surface area contributed by atoms with Gasteiger partial charge in [-0.25, -0.2) is 0 Å². The Bertz CT molecular complexity index is 413. The number of hydrogen-bond acceptors (Lipinski definition) is 5. The molecule has 2 fully saturated rings. The molecule has 0 aromatic carbocycles. The fourth-order valence-electron chi connectivity index (χ4n) is 2.38. The lowest BCUT2D eigenvalue weighted by Gasteiger charge is -2.14. The van der Waals surface area contributed by atoms with E-state index in [1.807, 2.05) is 27.7 Å². The van der Waals surface area contributed by atoms with Crippen LogP contribution < -0.4 is 0 Å². The number of rotatable bonds is 4. The van der Waals surface area contributed by atoms with Gasteiger partial charge in [0, 0.05) is 25.9 Å². The zero-order valence-electron chi connectivity index (χ0n) is 14.9. The van der Waals surface area contributed by atoms with Gasteiger partial charge in [-0.2, -0.15) is 0 Å². The summed E-state index contributed by atoms with van der Waals surface area (Å²) in [6.07, 6.45) is 0.253. The molecule has 0 spiro atoms. The molecule has 0 aliphatic carbocycles. The molecule has 0 bridgehead atoms. The van der Waals surface area contributed by atoms with Gasteiger partial charge in [0.1, 0.15) is 0 Å². The molecule has 0 aromatic rings. The molecule has 0 radical (unpaired) electrons. The van der Waals surface area contributed by atoms with Gasteiger partial charge in [-0.05, 0) is 13.8 Å². The third kappa shape index (κ3) is 4.80. The van der Waals surface area contributed by atoms with Crippen molar-refractivity contribution < 1.29 is 19.2 Å². The Kier molecular flexibility index (Phi) is 9.79. The van der Waals surface area contributed by atoms with Crippen molar-refractivity contribution >= 4 is 35.4 Å². The van der Waals surface area contributed by atoms with Crippen molar-refractivity contribution in [3.8, 4) is 0 Å². The largest absolute Gasteiger partial charge is 0.282 e. The van der Waals surface area contributed by atoms with Crippen LogP contribution in [0, 0.1) is 0 Å². The van der Waals surface area contributed by atoms with Crippen LogP contribution in [0.2, 0.25) is 0 Å². The van der Waals surface area contributed by atoms with Crippen LogP contribution in [0.15, 0.2) is 0 Å². The molecule has 132 valence electrons. The second-order valence-corrected chi connectivity index (χ2v) is 5.88. The quantitative estimate of drug-likeness (QED) is 0.730. The molecule has 2 atom stereocenters. The number of hydrogen-bond donors (Lipinski definition) is 0. The minimum Gasteiger partial charge on any atom is -0.282 e. The predicted octanol–water partition coefficient (Wildman–Crippen LogP) is 2.07. The summed E-state index contributed by atoms with van der Waals surface area (Å²) in [6, 6.07) is 0. The summed E-state index contributed by atoms with van der Waals surface area (Å²) in [6.45, 7) is 12.2. The number of thioether (sulfide) groups is 1. The lowest BCUT2D eigenvalue weighted by Crippen LogP contribution is -2.33. The number of imide groups is 2. The third-order valence-corrected chi connectivity index (χ3v) is 4.76. The Morgan fingerprint density at radius 3 is 1.30 bits per heavy atom. The van der Waals surface area contributed by atoms with Crippen LogP contribution in [-0.4, -0.2) is 57.0 Å². The SMILES string of the molecule is CC.CC.CCN1C(=O)CC(SC2CC(=O)N(CC)C2=O)C1=O. The molecule has 2 aliphatic heterocycles. The van der Waals surface area contributed by atoms with Crippen molar-refractivity contribution in [1.82, 2.24) is 9.80 Å². The van der Waals surface area contributed by atoms with E-state index >= 15 is 0 Å². The van der Waals surface area contributed by atoms with Crippen molar-refractivity contribution in [3.05, 3.63) is 0 Å². The molecule has 2 rings (SSSR count). The van der Waals surface area contributed by atoms with Gasteiger partial charge >= 0.3 is 0 Å². The Morgan fingerprint density at radius 1 is 0.783 bits per heavy atom. The van der Waals surface area contributed by atoms with Gasteiger partial charge in [0.05, 0.1) is 10.5 Å². The van der Waals surface area contributed by atoms with E-state index in [4.69, 9.17) is 0 Å². The van der Waals surface area contributed by atoms with Crippen LogP contribution in [0.1, 0.15) is 54.4 Å². The molecule has 0 N–H and O–H groups in total. The molecule has 7 heteroatoms. The average Bonchev–Trinajstić information content (AvgIpc) is 2.99. The molecule has 23 heavy (non-hydrogen) atoms. The van der Waals surface area contributed by atoms with Crippen LogP contribution in [0.3, 0.4) is 0 Å². The van der Waals surface area contributed by atoms with E-state index < -0.39 is 10.5 Å². The zero-order valence-corrected chi connectivity index (χ0v) is 15.7. The molecule has 0 aromatic heterocycles. The van der Waals surface area contributed by atoms with E-state index in [1.165, 1.54) is 9.80 Å². The molecule has 6 nitrogen and oxygen atoms in total. The summed E-state index contributed by atoms with van der Waals surface area (Å²) in [7, 11) is 0. The Hall–Kier alpha value is -1.37. The molecular weight excluding hydrogens is 316 g/mol. The van der Waals surface area contributed by atoms with Crippen molar-refractivity contribution in [1.29, 1.82) is 0 Å². The number of carbonyl (C=O) groups excluding carboxylic acids is 4. The van der Waals surface area contributed by atoms with Gasteiger partial charge in [0.15, 0.2) is 0 Å². The summed E-state index contributed by atoms with van der Waals surface area (Å²) < 4.78 is 0. The summed E-state index contributed by atoms with van der Waals surface area (Å²) in [5.74, 6) is -0.886. The highest BCUT2D eigenvalue weighted by molar-refractivity contribution is 8.02. The Morgan fingerprint density at radius 2 is 1.09 bits per heavy atom. The molecule has 2 unspecified atom stereocenters. The van der Waals surface area contributed by atoms with Gasteiger partial charge < -0.3 is 0 Å². The zero-order chi connectivity index (χ0) is 18.2. The van der Waals surface area contributed by atoms with E-state index in [0.29, 0.717) is 13.1 Å². The van der Waals surface area contributed by atoms with Crippen molar-refractivity contribution in [3.63, 3.8) is 0 Å². The lowest BCUT2D eigenvalue weighted by atomic mass is 10.3. The fourth-order valence-corrected chi connectivity index (χ4v) is 3.74. The van der Waals surface area contributed by atoms with Crippen molar-refractivity contribution in [2.75, 3.05) is 13.1 Å². The summed E-state index contributed by atoms with van der Waals surface area (Å²) in [4.78, 5) is 49.5. The monoisotopic (exact) mass is 344 g/mol. The lowest BCUT2D eigenvalue weighted by molar-refractivity contribution is -0.139. The van der Waals surface area contributed by atoms with E-state index in [0.717, 1.165) is 11.8 Å². The van der Waals surface area contributed by atoms with Crippen LogP contribution in [0.25, 0.3) is 0 Å². The summed E-state index contributed by atoms with van der Waals surface area (Å²) in [5, 5.41) is -1.04. The molecule has 2 aliphatic rings. The van der Waals surface area contributed by atoms with Gasteiger partial charge in [0.25, 0.3) is 0 Å². The van der Waals surface area contributed by atoms with Gasteiger partial charge in [-0.15, -0.1) is 11.8 Å². The van der Waals surface area contributed by atoms with E-state index in [1.54, 1.807) is 13.8 Å². The van der Waals surface area contributed by atoms with Crippen LogP contribution in [-0.2, 0) is 19.2 Å². The first-order chi connectivity index (χ1) is 11.0. The average molecular weight is 344 g/mol. The number of carbonyl (C=O) groups is 4.